The van der Waals surface area contributed by atoms with Gasteiger partial charge in [0.1, 0.15) is 5.00 Å². The quantitative estimate of drug-likeness (QED) is 0.331. The summed E-state index contributed by atoms with van der Waals surface area (Å²) in [6.45, 7) is 2.10. The van der Waals surface area contributed by atoms with Crippen LogP contribution >= 0.6 is 23.1 Å². The number of aromatic nitrogens is 3. The van der Waals surface area contributed by atoms with Gasteiger partial charge in [-0.15, -0.1) is 16.0 Å². The van der Waals surface area contributed by atoms with E-state index in [2.05, 4.69) is 15.4 Å². The molecule has 0 aliphatic heterocycles. The molecule has 9 heteroatoms. The largest absolute Gasteiger partial charge is 0.462 e. The molecule has 0 saturated heterocycles. The van der Waals surface area contributed by atoms with Crippen LogP contribution in [0.4, 0.5) is 5.00 Å². The van der Waals surface area contributed by atoms with E-state index in [0.29, 0.717) is 22.3 Å². The van der Waals surface area contributed by atoms with Crippen LogP contribution in [0.25, 0.3) is 5.69 Å². The summed E-state index contributed by atoms with van der Waals surface area (Å²) in [6.07, 6.45) is 5.56. The third kappa shape index (κ3) is 4.41. The van der Waals surface area contributed by atoms with Gasteiger partial charge in [-0.25, -0.2) is 4.79 Å². The number of anilines is 1. The van der Waals surface area contributed by atoms with Gasteiger partial charge >= 0.3 is 11.1 Å². The molecular formula is C21H23N4O3S2+. The third-order valence-corrected chi connectivity index (χ3v) is 6.96. The number of fused-ring (bicyclic) bond motifs is 1. The van der Waals surface area contributed by atoms with Crippen molar-refractivity contribution in [2.75, 3.05) is 17.7 Å². The molecule has 3 aromatic rings. The van der Waals surface area contributed by atoms with Crippen molar-refractivity contribution in [3.63, 3.8) is 0 Å². The molecule has 0 radical (unpaired) electrons. The number of nitrogens with one attached hydrogen (secondary N) is 2. The normalized spacial score (nSPS) is 13.0. The highest BCUT2D eigenvalue weighted by Gasteiger charge is 2.27. The van der Waals surface area contributed by atoms with Gasteiger partial charge in [0.05, 0.1) is 17.9 Å². The Morgan fingerprint density at radius 1 is 1.27 bits per heavy atom. The Kier molecular flexibility index (Phi) is 6.49. The second kappa shape index (κ2) is 9.44. The summed E-state index contributed by atoms with van der Waals surface area (Å²) in [6, 6.07) is 9.76. The second-order valence-electron chi connectivity index (χ2n) is 6.81. The highest BCUT2D eigenvalue weighted by atomic mass is 32.2. The van der Waals surface area contributed by atoms with E-state index < -0.39 is 0 Å². The third-order valence-electron chi connectivity index (χ3n) is 4.80. The van der Waals surface area contributed by atoms with Gasteiger partial charge < -0.3 is 10.1 Å². The molecule has 30 heavy (non-hydrogen) atoms. The number of carbonyl (C=O) groups excluding carboxylic acids is 2. The van der Waals surface area contributed by atoms with Gasteiger partial charge in [-0.2, -0.15) is 5.10 Å². The van der Waals surface area contributed by atoms with Crippen LogP contribution in [0.3, 0.4) is 0 Å². The first-order chi connectivity index (χ1) is 14.7. The summed E-state index contributed by atoms with van der Waals surface area (Å²) in [5, 5.41) is 7.29. The lowest BCUT2D eigenvalue weighted by Crippen LogP contribution is -2.35. The Morgan fingerprint density at radius 2 is 2.07 bits per heavy atom. The van der Waals surface area contributed by atoms with Crippen molar-refractivity contribution in [3.8, 4) is 5.69 Å². The molecule has 1 aliphatic carbocycles. The first kappa shape index (κ1) is 20.6. The minimum absolute atomic E-state index is 0.174. The van der Waals surface area contributed by atoms with E-state index in [9.17, 15) is 9.59 Å². The van der Waals surface area contributed by atoms with Crippen LogP contribution in [0.2, 0.25) is 0 Å². The van der Waals surface area contributed by atoms with Gasteiger partial charge in [0.15, 0.2) is 5.69 Å². The van der Waals surface area contributed by atoms with Crippen LogP contribution in [0.15, 0.2) is 41.8 Å². The molecule has 1 aliphatic rings. The molecule has 0 fully saturated rings. The van der Waals surface area contributed by atoms with Crippen LogP contribution in [0.1, 0.15) is 40.6 Å². The van der Waals surface area contributed by atoms with Gasteiger partial charge in [0.25, 0.3) is 0 Å². The van der Waals surface area contributed by atoms with Crippen LogP contribution < -0.4 is 10.00 Å². The van der Waals surface area contributed by atoms with Crippen molar-refractivity contribution in [2.45, 2.75) is 37.8 Å². The molecule has 0 unspecified atom stereocenters. The number of aryl methyl sites for hydroxylation is 1. The number of nitrogens with zero attached hydrogens (tertiary/aromatic N) is 2. The molecule has 1 amide bonds. The van der Waals surface area contributed by atoms with Gasteiger partial charge in [0, 0.05) is 4.88 Å². The lowest BCUT2D eigenvalue weighted by atomic mass is 9.95. The van der Waals surface area contributed by atoms with Gasteiger partial charge in [-0.1, -0.05) is 18.2 Å². The summed E-state index contributed by atoms with van der Waals surface area (Å²) in [5.41, 5.74) is 2.52. The number of thiophene rings is 1. The van der Waals surface area contributed by atoms with Gasteiger partial charge in [-0.3, -0.25) is 4.79 Å². The molecule has 0 spiro atoms. The first-order valence-corrected chi connectivity index (χ1v) is 11.7. The first-order valence-electron chi connectivity index (χ1n) is 9.92. The Balaban J connectivity index is 1.47. The average Bonchev–Trinajstić information content (AvgIpc) is 3.37. The van der Waals surface area contributed by atoms with Crippen molar-refractivity contribution in [1.82, 2.24) is 10.1 Å². The lowest BCUT2D eigenvalue weighted by molar-refractivity contribution is -0.694. The molecule has 0 atom stereocenters. The minimum Gasteiger partial charge on any atom is -0.462 e. The number of para-hydroxylation sites is 1. The maximum Gasteiger partial charge on any atom is 0.385 e. The molecule has 2 N–H and O–H groups in total. The number of thioether (sulfide) groups is 1. The number of carbonyl (C=O) groups is 2. The van der Waals surface area contributed by atoms with Crippen LogP contribution in [-0.4, -0.2) is 34.3 Å². The summed E-state index contributed by atoms with van der Waals surface area (Å²) >= 11 is 2.83. The molecule has 2 heterocycles. The highest BCUT2D eigenvalue weighted by Crippen LogP contribution is 2.38. The Hall–Kier alpha value is -2.65. The van der Waals surface area contributed by atoms with Crippen molar-refractivity contribution in [1.29, 1.82) is 0 Å². The van der Waals surface area contributed by atoms with Crippen LogP contribution in [-0.2, 0) is 22.4 Å². The minimum atomic E-state index is -0.353. The fourth-order valence-corrected chi connectivity index (χ4v) is 5.52. The number of hydrogen-bond acceptors (Lipinski definition) is 6. The van der Waals surface area contributed by atoms with Crippen molar-refractivity contribution >= 4 is 40.0 Å². The average molecular weight is 444 g/mol. The maximum absolute atomic E-state index is 12.7. The summed E-state index contributed by atoms with van der Waals surface area (Å²) in [7, 11) is 0. The van der Waals surface area contributed by atoms with E-state index in [1.807, 2.05) is 35.0 Å². The zero-order chi connectivity index (χ0) is 20.9. The molecule has 4 rings (SSSR count). The molecule has 1 aromatic carbocycles. The monoisotopic (exact) mass is 443 g/mol. The fourth-order valence-electron chi connectivity index (χ4n) is 3.48. The predicted octanol–water partition coefficient (Wildman–Crippen LogP) is 3.53. The van der Waals surface area contributed by atoms with Gasteiger partial charge in [0.2, 0.25) is 12.2 Å². The topological polar surface area (TPSA) is 88.0 Å². The smallest absolute Gasteiger partial charge is 0.385 e. The van der Waals surface area contributed by atoms with E-state index in [1.54, 1.807) is 13.3 Å². The van der Waals surface area contributed by atoms with Crippen molar-refractivity contribution < 1.29 is 19.0 Å². The molecule has 0 bridgehead atoms. The zero-order valence-corrected chi connectivity index (χ0v) is 18.3. The Labute approximate surface area is 182 Å². The van der Waals surface area contributed by atoms with E-state index >= 15 is 0 Å². The van der Waals surface area contributed by atoms with E-state index in [4.69, 9.17) is 4.74 Å². The predicted molar refractivity (Wildman–Crippen MR) is 116 cm³/mol. The lowest BCUT2D eigenvalue weighted by Gasteiger charge is -2.12. The molecule has 0 saturated carbocycles. The number of rotatable bonds is 7. The summed E-state index contributed by atoms with van der Waals surface area (Å²) in [5.74, 6) is -0.344. The summed E-state index contributed by atoms with van der Waals surface area (Å²) in [4.78, 5) is 30.7. The van der Waals surface area contributed by atoms with E-state index in [0.717, 1.165) is 36.9 Å². The van der Waals surface area contributed by atoms with E-state index in [1.165, 1.54) is 28.0 Å². The van der Waals surface area contributed by atoms with Crippen LogP contribution in [0, 0.1) is 0 Å². The second-order valence-corrected chi connectivity index (χ2v) is 8.86. The maximum atomic E-state index is 12.7. The summed E-state index contributed by atoms with van der Waals surface area (Å²) < 4.78 is 7.08. The number of aromatic amines is 1. The molecule has 156 valence electrons. The number of amides is 1. The number of hydrogen-bond donors (Lipinski definition) is 2. The Bertz CT molecular complexity index is 1050. The van der Waals surface area contributed by atoms with Crippen molar-refractivity contribution in [2.24, 2.45) is 0 Å². The van der Waals surface area contributed by atoms with Crippen molar-refractivity contribution in [3.05, 3.63) is 52.7 Å². The fraction of sp³-hybridized carbons (Fsp3) is 0.333. The standard InChI is InChI=1S/C21H22N4O3S2/c1-2-28-20(27)18-15-10-6-7-11-16(15)30-19(18)24-17(26)12-29-21-22-13-23-25(21)14-8-4-3-5-9-14/h3-5,8-9,13H,2,6-7,10-12H2,1H3,(H,24,26,27)/p+1. The van der Waals surface area contributed by atoms with Gasteiger partial charge in [-0.05, 0) is 67.0 Å². The molecule has 7 nitrogen and oxygen atoms in total. The highest BCUT2D eigenvalue weighted by molar-refractivity contribution is 7.99. The molecular weight excluding hydrogens is 420 g/mol. The SMILES string of the molecule is CCOC(=O)c1c(NC(=O)CSc2nc[nH][n+]2-c2ccccc2)sc2c1CCCC2. The Morgan fingerprint density at radius 3 is 2.87 bits per heavy atom. The number of esters is 1. The number of ether oxygens (including phenoxy) is 1. The van der Waals surface area contributed by atoms with Crippen LogP contribution in [0.5, 0.6) is 0 Å². The number of benzene rings is 1. The molecule has 2 aromatic heterocycles. The zero-order valence-electron chi connectivity index (χ0n) is 16.6. The van der Waals surface area contributed by atoms with E-state index in [-0.39, 0.29) is 17.6 Å². The number of H-pyrrole nitrogens is 1.